The Labute approximate surface area is 159 Å². The largest absolute Gasteiger partial charge is 0.326 e. The van der Waals surface area contributed by atoms with Gasteiger partial charge in [0.2, 0.25) is 5.91 Å². The summed E-state index contributed by atoms with van der Waals surface area (Å²) in [7, 11) is 0. The highest BCUT2D eigenvalue weighted by Crippen LogP contribution is 2.33. The first-order chi connectivity index (χ1) is 11.9. The molecule has 2 heterocycles. The number of anilines is 1. The zero-order chi connectivity index (χ0) is 18.1. The first-order valence-corrected chi connectivity index (χ1v) is 9.99. The molecule has 2 aromatic rings. The Morgan fingerprint density at radius 1 is 1.44 bits per heavy atom. The Morgan fingerprint density at radius 2 is 2.20 bits per heavy atom. The summed E-state index contributed by atoms with van der Waals surface area (Å²) in [5.74, 6) is 0.607. The molecule has 0 saturated carbocycles. The third-order valence-corrected chi connectivity index (χ3v) is 5.98. The molecule has 1 unspecified atom stereocenters. The average Bonchev–Trinajstić information content (AvgIpc) is 2.93. The van der Waals surface area contributed by atoms with Crippen LogP contribution in [0.15, 0.2) is 32.6 Å². The lowest BCUT2D eigenvalue weighted by molar-refractivity contribution is -0.116. The van der Waals surface area contributed by atoms with Gasteiger partial charge in [-0.2, -0.15) is 0 Å². The summed E-state index contributed by atoms with van der Waals surface area (Å²) in [5.41, 5.74) is 3.31. The minimum atomic E-state index is -0.151. The van der Waals surface area contributed by atoms with Crippen LogP contribution in [0.25, 0.3) is 0 Å². The van der Waals surface area contributed by atoms with Crippen LogP contribution in [0.5, 0.6) is 0 Å². The van der Waals surface area contributed by atoms with Gasteiger partial charge in [0.1, 0.15) is 0 Å². The fourth-order valence-electron chi connectivity index (χ4n) is 3.06. The molecule has 5 nitrogen and oxygen atoms in total. The summed E-state index contributed by atoms with van der Waals surface area (Å²) >= 11 is 4.96. The van der Waals surface area contributed by atoms with Crippen molar-refractivity contribution in [1.82, 2.24) is 9.55 Å². The van der Waals surface area contributed by atoms with Gasteiger partial charge in [-0.25, -0.2) is 4.98 Å². The van der Waals surface area contributed by atoms with E-state index in [0.29, 0.717) is 12.2 Å². The zero-order valence-corrected chi connectivity index (χ0v) is 16.8. The third kappa shape index (κ3) is 3.67. The molecule has 132 valence electrons. The number of carbonyl (C=O) groups is 1. The molecule has 0 fully saturated rings. The van der Waals surface area contributed by atoms with Crippen LogP contribution in [-0.2, 0) is 11.2 Å². The van der Waals surface area contributed by atoms with Gasteiger partial charge < -0.3 is 5.32 Å². The summed E-state index contributed by atoms with van der Waals surface area (Å²) in [6.45, 7) is 5.78. The molecule has 0 saturated heterocycles. The highest BCUT2D eigenvalue weighted by atomic mass is 79.9. The van der Waals surface area contributed by atoms with Crippen molar-refractivity contribution in [2.24, 2.45) is 0 Å². The number of carbonyl (C=O) groups excluding carboxylic acids is 1. The van der Waals surface area contributed by atoms with Crippen molar-refractivity contribution >= 4 is 39.3 Å². The summed E-state index contributed by atoms with van der Waals surface area (Å²) in [6.07, 6.45) is 0.920. The van der Waals surface area contributed by atoms with E-state index in [4.69, 9.17) is 0 Å². The van der Waals surface area contributed by atoms with Gasteiger partial charge in [0.05, 0.1) is 6.04 Å². The maximum Gasteiger partial charge on any atom is 0.257 e. The molecule has 1 aromatic heterocycles. The predicted molar refractivity (Wildman–Crippen MR) is 104 cm³/mol. The van der Waals surface area contributed by atoms with Crippen LogP contribution < -0.4 is 10.9 Å². The number of benzene rings is 1. The first kappa shape index (κ1) is 18.2. The van der Waals surface area contributed by atoms with Crippen LogP contribution in [0, 0.1) is 13.8 Å². The van der Waals surface area contributed by atoms with Gasteiger partial charge in [-0.15, -0.1) is 0 Å². The number of nitrogens with zero attached hydrogens (tertiary/aromatic N) is 2. The molecule has 1 atom stereocenters. The Morgan fingerprint density at radius 3 is 2.88 bits per heavy atom. The summed E-state index contributed by atoms with van der Waals surface area (Å²) in [5, 5.41) is 3.67. The minimum Gasteiger partial charge on any atom is -0.326 e. The highest BCUT2D eigenvalue weighted by molar-refractivity contribution is 9.10. The molecule has 3 rings (SSSR count). The van der Waals surface area contributed by atoms with E-state index in [-0.39, 0.29) is 23.9 Å². The van der Waals surface area contributed by atoms with E-state index in [2.05, 4.69) is 26.2 Å². The number of rotatable bonds is 4. The van der Waals surface area contributed by atoms with Crippen molar-refractivity contribution < 1.29 is 4.79 Å². The molecule has 0 radical (unpaired) electrons. The third-order valence-electron chi connectivity index (χ3n) is 4.39. The van der Waals surface area contributed by atoms with Gasteiger partial charge in [0.15, 0.2) is 5.16 Å². The molecule has 1 amide bonds. The molecule has 0 aliphatic carbocycles. The van der Waals surface area contributed by atoms with E-state index in [1.54, 1.807) is 16.3 Å². The van der Waals surface area contributed by atoms with Crippen molar-refractivity contribution in [2.45, 2.75) is 44.8 Å². The second kappa shape index (κ2) is 7.33. The Kier molecular flexibility index (Phi) is 5.34. The van der Waals surface area contributed by atoms with E-state index in [1.807, 2.05) is 39.0 Å². The van der Waals surface area contributed by atoms with Gasteiger partial charge in [-0.3, -0.25) is 14.2 Å². The second-order valence-corrected chi connectivity index (χ2v) is 8.07. The molecule has 1 aliphatic rings. The highest BCUT2D eigenvalue weighted by Gasteiger charge is 2.29. The van der Waals surface area contributed by atoms with Crippen molar-refractivity contribution in [3.8, 4) is 0 Å². The van der Waals surface area contributed by atoms with Crippen molar-refractivity contribution in [3.05, 3.63) is 49.8 Å². The van der Waals surface area contributed by atoms with Crippen molar-refractivity contribution in [1.29, 1.82) is 0 Å². The molecule has 7 heteroatoms. The summed E-state index contributed by atoms with van der Waals surface area (Å²) < 4.78 is 2.68. The molecule has 0 bridgehead atoms. The lowest BCUT2D eigenvalue weighted by Crippen LogP contribution is -2.30. The number of hydrogen-bond donors (Lipinski definition) is 1. The van der Waals surface area contributed by atoms with Crippen LogP contribution in [0.2, 0.25) is 0 Å². The number of nitrogens with one attached hydrogen (secondary N) is 1. The Hall–Kier alpha value is -1.60. The first-order valence-electron chi connectivity index (χ1n) is 8.21. The van der Waals surface area contributed by atoms with Crippen LogP contribution in [-0.4, -0.2) is 21.2 Å². The fraction of sp³-hybridized carbons (Fsp3) is 0.389. The normalized spacial score (nSPS) is 15.9. The Balaban J connectivity index is 1.80. The maximum absolute atomic E-state index is 12.7. The molecule has 0 spiro atoms. The Bertz CT molecular complexity index is 895. The standard InChI is InChI=1S/C18H20BrN3O2S/c1-4-14-11(3)20-18-22(17(14)24)13(9-25-18)8-16(23)21-15-6-5-12(19)7-10(15)2/h5-7,13H,4,8-9H2,1-3H3,(H,21,23). The molecule has 1 aliphatic heterocycles. The van der Waals surface area contributed by atoms with Gasteiger partial charge in [0.25, 0.3) is 5.56 Å². The van der Waals surface area contributed by atoms with E-state index >= 15 is 0 Å². The number of halogens is 1. The number of hydrogen-bond acceptors (Lipinski definition) is 4. The van der Waals surface area contributed by atoms with E-state index in [0.717, 1.165) is 32.1 Å². The molecule has 1 aromatic carbocycles. The van der Waals surface area contributed by atoms with Crippen LogP contribution in [0.3, 0.4) is 0 Å². The van der Waals surface area contributed by atoms with E-state index < -0.39 is 0 Å². The summed E-state index contributed by atoms with van der Waals surface area (Å²) in [6, 6.07) is 5.58. The number of aryl methyl sites for hydroxylation is 2. The predicted octanol–water partition coefficient (Wildman–Crippen LogP) is 3.86. The number of thioether (sulfide) groups is 1. The topological polar surface area (TPSA) is 64.0 Å². The SMILES string of the molecule is CCc1c(C)nc2n(c1=O)C(CC(=O)Nc1ccc(Br)cc1C)CS2. The maximum atomic E-state index is 12.7. The lowest BCUT2D eigenvalue weighted by atomic mass is 10.1. The van der Waals surface area contributed by atoms with Gasteiger partial charge in [-0.1, -0.05) is 34.6 Å². The van der Waals surface area contributed by atoms with Crippen LogP contribution in [0.4, 0.5) is 5.69 Å². The molecular weight excluding hydrogens is 402 g/mol. The van der Waals surface area contributed by atoms with Crippen LogP contribution >= 0.6 is 27.7 Å². The molecule has 1 N–H and O–H groups in total. The van der Waals surface area contributed by atoms with Crippen molar-refractivity contribution in [3.63, 3.8) is 0 Å². The van der Waals surface area contributed by atoms with Crippen LogP contribution in [0.1, 0.15) is 36.2 Å². The summed E-state index contributed by atoms with van der Waals surface area (Å²) in [4.78, 5) is 29.7. The quantitative estimate of drug-likeness (QED) is 0.761. The molecule has 25 heavy (non-hydrogen) atoms. The van der Waals surface area contributed by atoms with E-state index in [1.165, 1.54) is 0 Å². The lowest BCUT2D eigenvalue weighted by Gasteiger charge is -2.15. The van der Waals surface area contributed by atoms with Gasteiger partial charge in [0, 0.05) is 33.6 Å². The monoisotopic (exact) mass is 421 g/mol. The number of aromatic nitrogens is 2. The van der Waals surface area contributed by atoms with Gasteiger partial charge in [-0.05, 0) is 44.0 Å². The minimum absolute atomic E-state index is 0.00683. The smallest absolute Gasteiger partial charge is 0.257 e. The number of fused-ring (bicyclic) bond motifs is 1. The fourth-order valence-corrected chi connectivity index (χ4v) is 4.72. The average molecular weight is 422 g/mol. The van der Waals surface area contributed by atoms with E-state index in [9.17, 15) is 9.59 Å². The van der Waals surface area contributed by atoms with Gasteiger partial charge >= 0.3 is 0 Å². The van der Waals surface area contributed by atoms with Crippen molar-refractivity contribution in [2.75, 3.05) is 11.1 Å². The second-order valence-electron chi connectivity index (χ2n) is 6.16. The molecular formula is C18H20BrN3O2S. The zero-order valence-electron chi connectivity index (χ0n) is 14.4. The number of amides is 1.